The number of rotatable bonds is 16. The number of hydrogen-bond acceptors (Lipinski definition) is 20. The fourth-order valence-electron chi connectivity index (χ4n) is 11.9. The first-order valence-electron chi connectivity index (χ1n) is 30.9. The summed E-state index contributed by atoms with van der Waals surface area (Å²) in [5.74, 6) is -0.940. The highest BCUT2D eigenvalue weighted by Gasteiger charge is 2.42. The maximum atomic E-state index is 13.1. The van der Waals surface area contributed by atoms with E-state index in [4.69, 9.17) is 28.8 Å². The van der Waals surface area contributed by atoms with E-state index in [2.05, 4.69) is 34.3 Å². The van der Waals surface area contributed by atoms with Crippen molar-refractivity contribution in [2.45, 2.75) is 110 Å². The van der Waals surface area contributed by atoms with E-state index in [1.807, 2.05) is 41.8 Å². The number of anilines is 2. The van der Waals surface area contributed by atoms with E-state index in [1.54, 1.807) is 135 Å². The Bertz CT molecular complexity index is 4200. The van der Waals surface area contributed by atoms with Crippen LogP contribution < -0.4 is 30.4 Å². The van der Waals surface area contributed by atoms with Crippen molar-refractivity contribution < 1.29 is 75.3 Å². The molecule has 0 spiro atoms. The number of aliphatic hydroxyl groups excluding tert-OH is 2. The SMILES string of the molecule is COC(=O)[C@@H]1COC(C)(C)O1.C[C@@H]1CN(c2cnc(-c3ccc4c(=O)n(C)n(Cc5ccccc5OC(F)F)c4c3)cn2)CCN1C(=O)[C@@H](O)CO.C[C@@H]1CN(c2cnc(-c3ccc4c(=O)n(C)n(Cc5ccccc5OC(F)F)c4c3)cn2)CCN1C(=O)[C@@H]1COC(C)(C)O1. The molecule has 4 aromatic heterocycles. The Morgan fingerprint density at radius 1 is 0.615 bits per heavy atom. The van der Waals surface area contributed by atoms with Gasteiger partial charge in [0.25, 0.3) is 22.9 Å². The first kappa shape index (κ1) is 69.5. The quantitative estimate of drug-likeness (QED) is 0.0856. The van der Waals surface area contributed by atoms with E-state index in [1.165, 1.54) is 28.6 Å². The number of nitrogens with zero attached hydrogens (tertiary/aromatic N) is 12. The van der Waals surface area contributed by atoms with Crippen molar-refractivity contribution in [1.82, 2.24) is 48.5 Å². The molecule has 8 heterocycles. The van der Waals surface area contributed by atoms with Crippen LogP contribution in [0.2, 0.25) is 0 Å². The Morgan fingerprint density at radius 3 is 1.44 bits per heavy atom. The van der Waals surface area contributed by atoms with Crippen LogP contribution in [0.5, 0.6) is 11.5 Å². The topological polar surface area (TPSA) is 275 Å². The molecule has 96 heavy (non-hydrogen) atoms. The molecule has 2 amide bonds. The largest absolute Gasteiger partial charge is 0.467 e. The Kier molecular flexibility index (Phi) is 21.2. The van der Waals surface area contributed by atoms with Crippen LogP contribution in [-0.2, 0) is 65.3 Å². The van der Waals surface area contributed by atoms with Crippen LogP contribution in [0, 0.1) is 0 Å². The molecular weight excluding hydrogens is 1260 g/mol. The fourth-order valence-corrected chi connectivity index (χ4v) is 11.9. The number of piperazine rings is 2. The van der Waals surface area contributed by atoms with Crippen molar-refractivity contribution in [2.75, 3.05) is 76.0 Å². The van der Waals surface area contributed by atoms with Gasteiger partial charge in [-0.15, -0.1) is 0 Å². The summed E-state index contributed by atoms with van der Waals surface area (Å²) in [6.07, 6.45) is 4.07. The van der Waals surface area contributed by atoms with Crippen molar-refractivity contribution in [3.8, 4) is 34.0 Å². The van der Waals surface area contributed by atoms with Gasteiger partial charge >= 0.3 is 19.2 Å². The molecule has 0 unspecified atom stereocenters. The highest BCUT2D eigenvalue weighted by atomic mass is 19.3. The predicted molar refractivity (Wildman–Crippen MR) is 342 cm³/mol. The number of carbonyl (C=O) groups is 3. The monoisotopic (exact) mass is 1340 g/mol. The Labute approximate surface area is 548 Å². The molecule has 512 valence electrons. The Hall–Kier alpha value is -9.33. The van der Waals surface area contributed by atoms with E-state index in [-0.39, 0.29) is 72.9 Å². The molecule has 4 fully saturated rings. The third kappa shape index (κ3) is 15.6. The van der Waals surface area contributed by atoms with Gasteiger partial charge in [0, 0.05) is 87.7 Å². The highest BCUT2D eigenvalue weighted by molar-refractivity contribution is 5.86. The zero-order valence-electron chi connectivity index (χ0n) is 54.4. The molecular formula is C66H76F4N12O14. The van der Waals surface area contributed by atoms with Crippen LogP contribution >= 0.6 is 0 Å². The number of hydrogen-bond donors (Lipinski definition) is 2. The minimum atomic E-state index is -2.97. The molecule has 0 saturated carbocycles. The van der Waals surface area contributed by atoms with Gasteiger partial charge in [-0.25, -0.2) is 14.8 Å². The summed E-state index contributed by atoms with van der Waals surface area (Å²) < 4.78 is 93.7. The lowest BCUT2D eigenvalue weighted by atomic mass is 10.1. The summed E-state index contributed by atoms with van der Waals surface area (Å²) in [4.78, 5) is 88.1. The minimum Gasteiger partial charge on any atom is -0.467 e. The molecule has 12 rings (SSSR count). The lowest BCUT2D eigenvalue weighted by molar-refractivity contribution is -0.167. The smallest absolute Gasteiger partial charge is 0.387 e. The van der Waals surface area contributed by atoms with Gasteiger partial charge in [0.05, 0.1) is 98.0 Å². The number of aliphatic hydroxyl groups is 2. The van der Waals surface area contributed by atoms with Crippen LogP contribution in [0.15, 0.2) is 119 Å². The van der Waals surface area contributed by atoms with Crippen molar-refractivity contribution >= 4 is 51.2 Å². The first-order chi connectivity index (χ1) is 45.7. The molecule has 30 heteroatoms. The number of benzene rings is 4. The number of fused-ring (bicyclic) bond motifs is 2. The molecule has 4 aliphatic heterocycles. The summed E-state index contributed by atoms with van der Waals surface area (Å²) in [7, 11) is 4.58. The fraction of sp³-hybridized carbons (Fsp3) is 0.439. The zero-order chi connectivity index (χ0) is 68.9. The number of aromatic nitrogens is 8. The summed E-state index contributed by atoms with van der Waals surface area (Å²) in [5.41, 5.74) is 4.47. The number of amides is 2. The average molecular weight is 1340 g/mol. The summed E-state index contributed by atoms with van der Waals surface area (Å²) in [6, 6.07) is 23.4. The van der Waals surface area contributed by atoms with Crippen LogP contribution in [0.3, 0.4) is 0 Å². The van der Waals surface area contributed by atoms with Crippen molar-refractivity contribution in [1.29, 1.82) is 0 Å². The van der Waals surface area contributed by atoms with Gasteiger partial charge in [0.2, 0.25) is 0 Å². The normalized spacial score (nSPS) is 19.5. The van der Waals surface area contributed by atoms with E-state index < -0.39 is 55.6 Å². The number of methoxy groups -OCH3 is 1. The van der Waals surface area contributed by atoms with Gasteiger partial charge in [-0.3, -0.25) is 47.9 Å². The maximum Gasteiger partial charge on any atom is 0.387 e. The maximum absolute atomic E-state index is 13.1. The Balaban J connectivity index is 0.000000180. The highest BCUT2D eigenvalue weighted by Crippen LogP contribution is 2.31. The molecule has 5 atom stereocenters. The molecule has 8 aromatic rings. The van der Waals surface area contributed by atoms with Crippen LogP contribution in [0.4, 0.5) is 29.2 Å². The van der Waals surface area contributed by atoms with Gasteiger partial charge in [0.1, 0.15) is 23.1 Å². The second kappa shape index (κ2) is 29.3. The molecule has 0 bridgehead atoms. The number of alkyl halides is 4. The van der Waals surface area contributed by atoms with Gasteiger partial charge in [-0.1, -0.05) is 48.5 Å². The van der Waals surface area contributed by atoms with Crippen LogP contribution in [0.25, 0.3) is 44.3 Å². The number of halogens is 4. The molecule has 4 saturated heterocycles. The molecule has 0 radical (unpaired) electrons. The minimum absolute atomic E-state index is 0.0403. The summed E-state index contributed by atoms with van der Waals surface area (Å²) in [6.45, 7) is 8.30. The zero-order valence-corrected chi connectivity index (χ0v) is 54.4. The summed E-state index contributed by atoms with van der Waals surface area (Å²) in [5, 5.41) is 19.8. The molecule has 4 aromatic carbocycles. The standard InChI is InChI=1S/C31H34F2N6O5.C28H30F2N6O5.C7H12O4/c1-19-16-37(11-12-38(19)29(41)26-18-42-31(2,3)44-26)27-15-34-23(14-35-27)20-9-10-22-24(13-20)39(36(4)28(22)40)17-21-7-5-6-8-25(21)43-30(32)33;1-17-14-34(9-10-35(17)27(40)23(38)16-37)25-13-31-21(12-32-25)18-7-8-20-22(11-18)36(33(2)26(20)39)15-19-5-3-4-6-24(19)41-28(29)30;1-7(2)10-4-5(11-7)6(8)9-3/h5-10,13-15,19,26,30H,11-12,16-18H2,1-4H3;3-8,11-13,17,23,28,37-38H,9-10,14-16H2,1-2H3;5H,4H2,1-3H3/t19-,26+;17-,23+;5-/m110/s1. The van der Waals surface area contributed by atoms with Crippen molar-refractivity contribution in [2.24, 2.45) is 14.1 Å². The van der Waals surface area contributed by atoms with E-state index in [0.717, 1.165) is 11.1 Å². The number of carbonyl (C=O) groups excluding carboxylic acids is 3. The predicted octanol–water partition coefficient (Wildman–Crippen LogP) is 5.78. The van der Waals surface area contributed by atoms with Crippen molar-refractivity contribution in [3.63, 3.8) is 0 Å². The summed E-state index contributed by atoms with van der Waals surface area (Å²) >= 11 is 0. The van der Waals surface area contributed by atoms with E-state index in [0.29, 0.717) is 95.2 Å². The molecule has 0 aliphatic carbocycles. The average Bonchev–Trinajstić information content (AvgIpc) is 1.66. The van der Waals surface area contributed by atoms with Gasteiger partial charge in [-0.05, 0) is 77.9 Å². The van der Waals surface area contributed by atoms with Gasteiger partial charge in [-0.2, -0.15) is 17.6 Å². The van der Waals surface area contributed by atoms with E-state index >= 15 is 0 Å². The van der Waals surface area contributed by atoms with Crippen molar-refractivity contribution in [3.05, 3.63) is 142 Å². The van der Waals surface area contributed by atoms with Gasteiger partial charge < -0.3 is 63.0 Å². The molecule has 26 nitrogen and oxygen atoms in total. The third-order valence-corrected chi connectivity index (χ3v) is 16.9. The van der Waals surface area contributed by atoms with Crippen LogP contribution in [0.1, 0.15) is 52.7 Å². The number of esters is 1. The van der Waals surface area contributed by atoms with E-state index in [9.17, 15) is 46.6 Å². The number of ether oxygens (including phenoxy) is 7. The molecule has 4 aliphatic rings. The van der Waals surface area contributed by atoms with Crippen LogP contribution in [-0.4, -0.2) is 198 Å². The third-order valence-electron chi connectivity index (χ3n) is 16.9. The Morgan fingerprint density at radius 2 is 1.05 bits per heavy atom. The molecule has 2 N–H and O–H groups in total. The first-order valence-corrected chi connectivity index (χ1v) is 30.9. The lowest BCUT2D eigenvalue weighted by Crippen LogP contribution is -2.57. The number of para-hydroxylation sites is 2. The second-order valence-electron chi connectivity index (χ2n) is 24.2. The van der Waals surface area contributed by atoms with Gasteiger partial charge in [0.15, 0.2) is 29.9 Å². The second-order valence-corrected chi connectivity index (χ2v) is 24.2. The lowest BCUT2D eigenvalue weighted by Gasteiger charge is -2.41.